The SMILES string of the molecule is Nc1ncnc2c1C(=O)N(c1ccc3sccc3c1)CCO2. The molecular formula is C15H12N4O2S. The van der Waals surface area contributed by atoms with E-state index in [1.165, 1.54) is 11.0 Å². The van der Waals surface area contributed by atoms with Gasteiger partial charge in [0.25, 0.3) is 5.91 Å². The van der Waals surface area contributed by atoms with E-state index >= 15 is 0 Å². The molecule has 1 amide bonds. The lowest BCUT2D eigenvalue weighted by Gasteiger charge is -2.20. The summed E-state index contributed by atoms with van der Waals surface area (Å²) in [5, 5.41) is 3.14. The maximum absolute atomic E-state index is 12.8. The molecular weight excluding hydrogens is 300 g/mol. The van der Waals surface area contributed by atoms with Gasteiger partial charge in [0.15, 0.2) is 0 Å². The largest absolute Gasteiger partial charge is 0.475 e. The molecule has 3 heterocycles. The van der Waals surface area contributed by atoms with Gasteiger partial charge in [-0.3, -0.25) is 4.79 Å². The number of amides is 1. The van der Waals surface area contributed by atoms with Gasteiger partial charge >= 0.3 is 0 Å². The second-order valence-corrected chi connectivity index (χ2v) is 5.83. The van der Waals surface area contributed by atoms with Crippen LogP contribution in [0.1, 0.15) is 10.4 Å². The van der Waals surface area contributed by atoms with E-state index in [2.05, 4.69) is 9.97 Å². The molecule has 7 heteroatoms. The Morgan fingerprint density at radius 2 is 2.18 bits per heavy atom. The Morgan fingerprint density at radius 3 is 3.09 bits per heavy atom. The zero-order chi connectivity index (χ0) is 15.1. The number of anilines is 2. The zero-order valence-electron chi connectivity index (χ0n) is 11.5. The van der Waals surface area contributed by atoms with E-state index in [0.717, 1.165) is 11.1 Å². The number of nitrogen functional groups attached to an aromatic ring is 1. The van der Waals surface area contributed by atoms with Crippen molar-refractivity contribution in [3.63, 3.8) is 0 Å². The van der Waals surface area contributed by atoms with Crippen LogP contribution in [0.4, 0.5) is 11.5 Å². The van der Waals surface area contributed by atoms with Crippen LogP contribution in [0.2, 0.25) is 0 Å². The Morgan fingerprint density at radius 1 is 1.27 bits per heavy atom. The Balaban J connectivity index is 1.81. The van der Waals surface area contributed by atoms with Crippen LogP contribution in [0.15, 0.2) is 36.0 Å². The summed E-state index contributed by atoms with van der Waals surface area (Å²) in [5.41, 5.74) is 6.88. The second-order valence-electron chi connectivity index (χ2n) is 4.89. The first kappa shape index (κ1) is 13.0. The Bertz CT molecular complexity index is 877. The highest BCUT2D eigenvalue weighted by Crippen LogP contribution is 2.30. The fourth-order valence-electron chi connectivity index (χ4n) is 2.53. The highest BCUT2D eigenvalue weighted by molar-refractivity contribution is 7.17. The molecule has 0 fully saturated rings. The first-order chi connectivity index (χ1) is 10.7. The summed E-state index contributed by atoms with van der Waals surface area (Å²) in [7, 11) is 0. The molecule has 110 valence electrons. The quantitative estimate of drug-likeness (QED) is 0.745. The van der Waals surface area contributed by atoms with Crippen LogP contribution in [0.25, 0.3) is 10.1 Å². The average molecular weight is 312 g/mol. The smallest absolute Gasteiger partial charge is 0.267 e. The molecule has 0 spiro atoms. The molecule has 0 bridgehead atoms. The number of aromatic nitrogens is 2. The summed E-state index contributed by atoms with van der Waals surface area (Å²) < 4.78 is 6.72. The molecule has 0 radical (unpaired) electrons. The summed E-state index contributed by atoms with van der Waals surface area (Å²) in [4.78, 5) is 22.4. The summed E-state index contributed by atoms with van der Waals surface area (Å²) in [6.45, 7) is 0.793. The second kappa shape index (κ2) is 4.96. The molecule has 0 unspecified atom stereocenters. The number of hydrogen-bond acceptors (Lipinski definition) is 6. The van der Waals surface area contributed by atoms with Crippen LogP contribution in [-0.4, -0.2) is 29.0 Å². The van der Waals surface area contributed by atoms with Crippen molar-refractivity contribution in [3.8, 4) is 5.88 Å². The van der Waals surface area contributed by atoms with Gasteiger partial charge in [0.2, 0.25) is 5.88 Å². The van der Waals surface area contributed by atoms with Crippen LogP contribution in [-0.2, 0) is 0 Å². The number of rotatable bonds is 1. The number of ether oxygens (including phenoxy) is 1. The van der Waals surface area contributed by atoms with Crippen molar-refractivity contribution in [2.24, 2.45) is 0 Å². The fourth-order valence-corrected chi connectivity index (χ4v) is 3.30. The lowest BCUT2D eigenvalue weighted by atomic mass is 10.2. The average Bonchev–Trinajstić information content (AvgIpc) is 2.91. The summed E-state index contributed by atoms with van der Waals surface area (Å²) in [6.07, 6.45) is 1.30. The molecule has 0 atom stereocenters. The normalized spacial score (nSPS) is 14.5. The maximum Gasteiger partial charge on any atom is 0.267 e. The lowest BCUT2D eigenvalue weighted by Crippen LogP contribution is -2.32. The molecule has 1 aromatic carbocycles. The predicted octanol–water partition coefficient (Wildman–Crippen LogP) is 2.31. The number of thiophene rings is 1. The molecule has 1 aliphatic rings. The van der Waals surface area contributed by atoms with Crippen molar-refractivity contribution in [2.75, 3.05) is 23.8 Å². The van der Waals surface area contributed by atoms with Gasteiger partial charge in [-0.15, -0.1) is 11.3 Å². The Labute approximate surface area is 130 Å². The minimum atomic E-state index is -0.236. The van der Waals surface area contributed by atoms with E-state index in [1.54, 1.807) is 16.2 Å². The van der Waals surface area contributed by atoms with Crippen LogP contribution < -0.4 is 15.4 Å². The molecule has 0 aliphatic carbocycles. The number of carbonyl (C=O) groups excluding carboxylic acids is 1. The fraction of sp³-hybridized carbons (Fsp3) is 0.133. The number of carbonyl (C=O) groups is 1. The lowest BCUT2D eigenvalue weighted by molar-refractivity contribution is 0.0990. The summed E-state index contributed by atoms with van der Waals surface area (Å²) >= 11 is 1.67. The Hall–Kier alpha value is -2.67. The van der Waals surface area contributed by atoms with E-state index in [9.17, 15) is 4.79 Å². The predicted molar refractivity (Wildman–Crippen MR) is 85.4 cm³/mol. The third kappa shape index (κ3) is 1.98. The van der Waals surface area contributed by atoms with Crippen molar-refractivity contribution in [2.45, 2.75) is 0 Å². The molecule has 4 rings (SSSR count). The highest BCUT2D eigenvalue weighted by Gasteiger charge is 2.28. The van der Waals surface area contributed by atoms with Gasteiger partial charge in [-0.2, -0.15) is 0 Å². The number of benzene rings is 1. The van der Waals surface area contributed by atoms with Crippen LogP contribution in [0.5, 0.6) is 5.88 Å². The van der Waals surface area contributed by atoms with Crippen molar-refractivity contribution < 1.29 is 9.53 Å². The third-order valence-electron chi connectivity index (χ3n) is 3.60. The van der Waals surface area contributed by atoms with Crippen molar-refractivity contribution in [3.05, 3.63) is 41.5 Å². The number of fused-ring (bicyclic) bond motifs is 2. The van der Waals surface area contributed by atoms with Crippen molar-refractivity contribution in [1.82, 2.24) is 9.97 Å². The van der Waals surface area contributed by atoms with Gasteiger partial charge in [-0.25, -0.2) is 9.97 Å². The molecule has 6 nitrogen and oxygen atoms in total. The molecule has 22 heavy (non-hydrogen) atoms. The maximum atomic E-state index is 12.8. The summed E-state index contributed by atoms with van der Waals surface area (Å²) in [5.74, 6) is 0.148. The molecule has 0 saturated heterocycles. The van der Waals surface area contributed by atoms with E-state index in [1.807, 2.05) is 29.6 Å². The van der Waals surface area contributed by atoms with Gasteiger partial charge in [0.05, 0.1) is 6.54 Å². The number of hydrogen-bond donors (Lipinski definition) is 1. The van der Waals surface area contributed by atoms with E-state index in [-0.39, 0.29) is 23.2 Å². The standard InChI is InChI=1S/C15H12N4O2S/c16-13-12-14(18-8-17-13)21-5-4-19(15(12)20)10-1-2-11-9(7-10)3-6-22-11/h1-3,6-8H,4-5H2,(H2,16,17,18). The van der Waals surface area contributed by atoms with Gasteiger partial charge in [-0.1, -0.05) is 0 Å². The van der Waals surface area contributed by atoms with Gasteiger partial charge in [0.1, 0.15) is 24.3 Å². The van der Waals surface area contributed by atoms with E-state index < -0.39 is 0 Å². The summed E-state index contributed by atoms with van der Waals surface area (Å²) in [6, 6.07) is 7.98. The van der Waals surface area contributed by atoms with Gasteiger partial charge in [-0.05, 0) is 35.0 Å². The van der Waals surface area contributed by atoms with Crippen LogP contribution >= 0.6 is 11.3 Å². The molecule has 1 aliphatic heterocycles. The van der Waals surface area contributed by atoms with Crippen LogP contribution in [0, 0.1) is 0 Å². The van der Waals surface area contributed by atoms with E-state index in [4.69, 9.17) is 10.5 Å². The number of nitrogens with zero attached hydrogens (tertiary/aromatic N) is 3. The molecule has 0 saturated carbocycles. The first-order valence-electron chi connectivity index (χ1n) is 6.76. The van der Waals surface area contributed by atoms with Gasteiger partial charge in [0, 0.05) is 10.4 Å². The van der Waals surface area contributed by atoms with Gasteiger partial charge < -0.3 is 15.4 Å². The van der Waals surface area contributed by atoms with Crippen molar-refractivity contribution in [1.29, 1.82) is 0 Å². The third-order valence-corrected chi connectivity index (χ3v) is 4.50. The molecule has 3 aromatic rings. The zero-order valence-corrected chi connectivity index (χ0v) is 12.3. The highest BCUT2D eigenvalue weighted by atomic mass is 32.1. The topological polar surface area (TPSA) is 81.3 Å². The first-order valence-corrected chi connectivity index (χ1v) is 7.64. The number of nitrogens with two attached hydrogens (primary N) is 1. The Kier molecular flexibility index (Phi) is 2.93. The minimum Gasteiger partial charge on any atom is -0.475 e. The molecule has 2 aromatic heterocycles. The monoisotopic (exact) mass is 312 g/mol. The molecule has 2 N–H and O–H groups in total. The minimum absolute atomic E-state index is 0.138. The van der Waals surface area contributed by atoms with Crippen LogP contribution in [0.3, 0.4) is 0 Å². The van der Waals surface area contributed by atoms with E-state index in [0.29, 0.717) is 13.2 Å². The van der Waals surface area contributed by atoms with Crippen molar-refractivity contribution >= 4 is 38.8 Å².